The molecule has 8 nitrogen and oxygen atoms in total. The molecular weight excluding hydrogens is 230 g/mol. The van der Waals surface area contributed by atoms with E-state index in [1.165, 1.54) is 31.0 Å². The van der Waals surface area contributed by atoms with Crippen LogP contribution in [0.5, 0.6) is 0 Å². The molecule has 0 saturated heterocycles. The van der Waals surface area contributed by atoms with Gasteiger partial charge in [0.2, 0.25) is 0 Å². The van der Waals surface area contributed by atoms with E-state index in [-0.39, 0.29) is 19.1 Å². The van der Waals surface area contributed by atoms with Gasteiger partial charge in [0.25, 0.3) is 0 Å². The third kappa shape index (κ3) is 3.83. The first kappa shape index (κ1) is 13.1. The van der Waals surface area contributed by atoms with Crippen LogP contribution in [0.15, 0.2) is 12.4 Å². The van der Waals surface area contributed by atoms with Crippen molar-refractivity contribution in [1.82, 2.24) is 9.55 Å². The summed E-state index contributed by atoms with van der Waals surface area (Å²) in [4.78, 5) is 24.5. The van der Waals surface area contributed by atoms with E-state index in [1.54, 1.807) is 0 Å². The van der Waals surface area contributed by atoms with Crippen LogP contribution in [0, 0.1) is 10.1 Å². The van der Waals surface area contributed by atoms with Gasteiger partial charge in [-0.2, -0.15) is 0 Å². The Kier molecular flexibility index (Phi) is 4.58. The Bertz CT molecular complexity index is 403. The van der Waals surface area contributed by atoms with E-state index in [0.717, 1.165) is 0 Å². The van der Waals surface area contributed by atoms with E-state index < -0.39 is 17.0 Å². The molecule has 0 bridgehead atoms. The van der Waals surface area contributed by atoms with Crippen molar-refractivity contribution in [1.29, 1.82) is 0 Å². The third-order valence-electron chi connectivity index (χ3n) is 1.94. The van der Waals surface area contributed by atoms with Crippen LogP contribution >= 0.6 is 0 Å². The first-order chi connectivity index (χ1) is 8.04. The van der Waals surface area contributed by atoms with Gasteiger partial charge in [-0.25, -0.2) is 4.57 Å². The molecule has 0 aliphatic heterocycles. The van der Waals surface area contributed by atoms with Gasteiger partial charge in [-0.05, 0) is 4.92 Å². The molecular formula is C9H13N3O5. The summed E-state index contributed by atoms with van der Waals surface area (Å²) >= 11 is 0. The van der Waals surface area contributed by atoms with E-state index >= 15 is 0 Å². The van der Waals surface area contributed by atoms with Crippen LogP contribution in [-0.2, 0) is 20.8 Å². The van der Waals surface area contributed by atoms with Crippen molar-refractivity contribution in [3.05, 3.63) is 22.5 Å². The van der Waals surface area contributed by atoms with Gasteiger partial charge in [0.15, 0.2) is 6.10 Å². The van der Waals surface area contributed by atoms with Crippen molar-refractivity contribution < 1.29 is 19.2 Å². The zero-order valence-electron chi connectivity index (χ0n) is 9.53. The number of aromatic nitrogens is 2. The third-order valence-corrected chi connectivity index (χ3v) is 1.94. The minimum Gasteiger partial charge on any atom is -0.457 e. The Morgan fingerprint density at radius 3 is 2.94 bits per heavy atom. The normalized spacial score (nSPS) is 12.1. The van der Waals surface area contributed by atoms with Crippen molar-refractivity contribution in [2.75, 3.05) is 13.7 Å². The molecule has 0 fully saturated rings. The molecule has 1 rings (SSSR count). The Balaban J connectivity index is 2.74. The standard InChI is InChI=1S/C9H13N3O5/c1-7(13)17-8(6-16-2)5-11-4-3-10-9(11)12(14)15/h3-4,8H,5-6H2,1-2H3. The van der Waals surface area contributed by atoms with Crippen molar-refractivity contribution in [2.24, 2.45) is 0 Å². The van der Waals surface area contributed by atoms with Crippen molar-refractivity contribution in [2.45, 2.75) is 19.6 Å². The Hall–Kier alpha value is -1.96. The Morgan fingerprint density at radius 2 is 2.41 bits per heavy atom. The molecule has 1 aromatic rings. The summed E-state index contributed by atoms with van der Waals surface area (Å²) in [6, 6.07) is 0. The zero-order valence-corrected chi connectivity index (χ0v) is 9.53. The summed E-state index contributed by atoms with van der Waals surface area (Å²) in [5.74, 6) is -0.756. The van der Waals surface area contributed by atoms with Crippen LogP contribution in [0.2, 0.25) is 0 Å². The highest BCUT2D eigenvalue weighted by Gasteiger charge is 2.20. The molecule has 1 heterocycles. The van der Waals surface area contributed by atoms with Gasteiger partial charge in [0, 0.05) is 14.0 Å². The fraction of sp³-hybridized carbons (Fsp3) is 0.556. The number of ether oxygens (including phenoxy) is 2. The van der Waals surface area contributed by atoms with E-state index in [4.69, 9.17) is 9.47 Å². The Morgan fingerprint density at radius 1 is 1.71 bits per heavy atom. The molecule has 0 aliphatic rings. The lowest BCUT2D eigenvalue weighted by Crippen LogP contribution is -2.27. The molecule has 0 N–H and O–H groups in total. The largest absolute Gasteiger partial charge is 0.457 e. The second-order valence-electron chi connectivity index (χ2n) is 3.32. The van der Waals surface area contributed by atoms with Gasteiger partial charge in [-0.15, -0.1) is 0 Å². The number of nitro groups is 1. The van der Waals surface area contributed by atoms with Gasteiger partial charge in [-0.3, -0.25) is 4.79 Å². The number of carbonyl (C=O) groups is 1. The van der Waals surface area contributed by atoms with Crippen LogP contribution in [-0.4, -0.2) is 40.3 Å². The lowest BCUT2D eigenvalue weighted by atomic mass is 10.3. The highest BCUT2D eigenvalue weighted by molar-refractivity contribution is 5.66. The minimum atomic E-state index is -0.600. The average Bonchev–Trinajstić information content (AvgIpc) is 2.65. The van der Waals surface area contributed by atoms with Gasteiger partial charge in [-0.1, -0.05) is 4.98 Å². The number of hydrogen-bond acceptors (Lipinski definition) is 6. The summed E-state index contributed by atoms with van der Waals surface area (Å²) in [5, 5.41) is 10.6. The lowest BCUT2D eigenvalue weighted by molar-refractivity contribution is -0.397. The first-order valence-corrected chi connectivity index (χ1v) is 4.86. The molecule has 94 valence electrons. The number of hydrogen-bond donors (Lipinski definition) is 0. The SMILES string of the molecule is COCC(Cn1ccnc1[N+](=O)[O-])OC(C)=O. The van der Waals surface area contributed by atoms with Gasteiger partial charge in [0.1, 0.15) is 18.9 Å². The second kappa shape index (κ2) is 5.94. The number of methoxy groups -OCH3 is 1. The maximum Gasteiger partial charge on any atom is 0.434 e. The molecule has 1 atom stereocenters. The lowest BCUT2D eigenvalue weighted by Gasteiger charge is -2.14. The molecule has 0 radical (unpaired) electrons. The van der Waals surface area contributed by atoms with Crippen molar-refractivity contribution in [3.8, 4) is 0 Å². The zero-order chi connectivity index (χ0) is 12.8. The number of imidazole rings is 1. The highest BCUT2D eigenvalue weighted by atomic mass is 16.6. The van der Waals surface area contributed by atoms with Crippen LogP contribution < -0.4 is 0 Å². The summed E-state index contributed by atoms with van der Waals surface area (Å²) in [6.07, 6.45) is 2.19. The van der Waals surface area contributed by atoms with Crippen LogP contribution in [0.3, 0.4) is 0 Å². The van der Waals surface area contributed by atoms with Crippen LogP contribution in [0.1, 0.15) is 6.92 Å². The molecule has 0 aliphatic carbocycles. The molecule has 0 aromatic carbocycles. The summed E-state index contributed by atoms with van der Waals surface area (Å²) in [5.41, 5.74) is 0. The number of rotatable bonds is 6. The number of esters is 1. The van der Waals surface area contributed by atoms with E-state index in [0.29, 0.717) is 0 Å². The Labute approximate surface area is 97.3 Å². The molecule has 8 heteroatoms. The number of carbonyl (C=O) groups excluding carboxylic acids is 1. The fourth-order valence-corrected chi connectivity index (χ4v) is 1.38. The van der Waals surface area contributed by atoms with E-state index in [1.807, 2.05) is 0 Å². The molecule has 0 saturated carbocycles. The summed E-state index contributed by atoms with van der Waals surface area (Å²) < 4.78 is 11.1. The van der Waals surface area contributed by atoms with E-state index in [9.17, 15) is 14.9 Å². The topological polar surface area (TPSA) is 96.5 Å². The van der Waals surface area contributed by atoms with Crippen LogP contribution in [0.4, 0.5) is 5.95 Å². The maximum atomic E-state index is 10.8. The molecule has 1 unspecified atom stereocenters. The molecule has 0 amide bonds. The van der Waals surface area contributed by atoms with Crippen molar-refractivity contribution in [3.63, 3.8) is 0 Å². The minimum absolute atomic E-state index is 0.129. The average molecular weight is 243 g/mol. The summed E-state index contributed by atoms with van der Waals surface area (Å²) in [6.45, 7) is 1.56. The highest BCUT2D eigenvalue weighted by Crippen LogP contribution is 2.10. The van der Waals surface area contributed by atoms with Crippen LogP contribution in [0.25, 0.3) is 0 Å². The predicted molar refractivity (Wildman–Crippen MR) is 56.3 cm³/mol. The van der Waals surface area contributed by atoms with Gasteiger partial charge >= 0.3 is 11.9 Å². The molecule has 17 heavy (non-hydrogen) atoms. The second-order valence-corrected chi connectivity index (χ2v) is 3.32. The smallest absolute Gasteiger partial charge is 0.434 e. The fourth-order valence-electron chi connectivity index (χ4n) is 1.38. The van der Waals surface area contributed by atoms with Gasteiger partial charge in [0.05, 0.1) is 6.61 Å². The molecule has 1 aromatic heterocycles. The summed E-state index contributed by atoms with van der Waals surface area (Å²) in [7, 11) is 1.46. The maximum absolute atomic E-state index is 10.8. The number of nitrogens with zero attached hydrogens (tertiary/aromatic N) is 3. The predicted octanol–water partition coefficient (Wildman–Crippen LogP) is 0.369. The molecule has 0 spiro atoms. The van der Waals surface area contributed by atoms with Gasteiger partial charge < -0.3 is 19.6 Å². The monoisotopic (exact) mass is 243 g/mol. The van der Waals surface area contributed by atoms with Crippen molar-refractivity contribution >= 4 is 11.9 Å². The van der Waals surface area contributed by atoms with E-state index in [2.05, 4.69) is 4.98 Å². The quantitative estimate of drug-likeness (QED) is 0.407. The first-order valence-electron chi connectivity index (χ1n) is 4.86.